The van der Waals surface area contributed by atoms with Gasteiger partial charge in [-0.1, -0.05) is 27.7 Å². The molecule has 7 rings (SSSR count). The van der Waals surface area contributed by atoms with Gasteiger partial charge in [0.25, 0.3) is 0 Å². The molecule has 264 valence electrons. The van der Waals surface area contributed by atoms with Crippen molar-refractivity contribution in [1.82, 2.24) is 0 Å². The fourth-order valence-corrected chi connectivity index (χ4v) is 8.91. The van der Waals surface area contributed by atoms with Gasteiger partial charge in [0.05, 0.1) is 21.8 Å². The van der Waals surface area contributed by atoms with E-state index in [-0.39, 0.29) is 52.9 Å². The number of ether oxygens (including phenoxy) is 6. The summed E-state index contributed by atoms with van der Waals surface area (Å²) in [4.78, 5) is 68.6. The Morgan fingerprint density at radius 1 is 0.776 bits per heavy atom. The molecule has 2 aromatic rings. The lowest BCUT2D eigenvalue weighted by Crippen LogP contribution is -2.57. The minimum absolute atomic E-state index is 0.00807. The van der Waals surface area contributed by atoms with Crippen molar-refractivity contribution < 1.29 is 52.0 Å². The zero-order valence-electron chi connectivity index (χ0n) is 29.5. The Labute approximate surface area is 284 Å². The minimum Gasteiger partial charge on any atom is -0.483 e. The molecule has 4 heterocycles. The molecule has 12 heteroatoms. The first-order valence-electron chi connectivity index (χ1n) is 17.0. The summed E-state index contributed by atoms with van der Waals surface area (Å²) in [6.07, 6.45) is -1.39. The molecule has 0 radical (unpaired) electrons. The van der Waals surface area contributed by atoms with E-state index in [9.17, 15) is 24.0 Å². The van der Waals surface area contributed by atoms with E-state index in [1.165, 1.54) is 6.07 Å². The summed E-state index contributed by atoms with van der Waals surface area (Å²) in [7, 11) is 0. The van der Waals surface area contributed by atoms with Crippen LogP contribution in [-0.4, -0.2) is 53.4 Å². The van der Waals surface area contributed by atoms with Crippen molar-refractivity contribution in [1.29, 1.82) is 0 Å². The van der Waals surface area contributed by atoms with Gasteiger partial charge in [-0.05, 0) is 72.4 Å². The van der Waals surface area contributed by atoms with E-state index in [4.69, 9.17) is 32.8 Å². The molecule has 1 aromatic heterocycles. The molecule has 2 aliphatic carbocycles. The number of rotatable bonds is 7. The molecular formula is C37H44O12. The number of hydrogen-bond donors (Lipinski definition) is 0. The van der Waals surface area contributed by atoms with E-state index in [1.54, 1.807) is 39.8 Å². The van der Waals surface area contributed by atoms with Crippen LogP contribution in [0.2, 0.25) is 0 Å². The maximum Gasteiger partial charge on any atom is 0.351 e. The van der Waals surface area contributed by atoms with Crippen molar-refractivity contribution in [2.45, 2.75) is 124 Å². The molecule has 4 fully saturated rings. The van der Waals surface area contributed by atoms with Gasteiger partial charge in [-0.15, -0.1) is 0 Å². The van der Waals surface area contributed by atoms with Gasteiger partial charge < -0.3 is 32.8 Å². The minimum atomic E-state index is -1.61. The van der Waals surface area contributed by atoms with Crippen molar-refractivity contribution in [3.8, 4) is 5.75 Å². The standard InChI is InChI=1S/C37H44O12/c1-10-43-18-19-17-21(38)20-11-12-22-23(24(20)44-19)25(45-29(41)36-15-13-34(8,27(39)48-36)32(36,4)5)26(31(2,3)47-22)46-30(42)37-16-14-35(9,28(40)49-37)33(37,6)7/h11-12,17,25-26H,10,13-16,18H2,1-9H3/t25-,26-,34+,35+,36-,37-/m1/s1. The van der Waals surface area contributed by atoms with Crippen LogP contribution < -0.4 is 10.2 Å². The summed E-state index contributed by atoms with van der Waals surface area (Å²) in [5, 5.41) is 0.184. The number of fused-ring (bicyclic) bond motifs is 7. The van der Waals surface area contributed by atoms with Crippen LogP contribution in [-0.2, 0) is 49.5 Å². The van der Waals surface area contributed by atoms with Crippen molar-refractivity contribution >= 4 is 34.8 Å². The van der Waals surface area contributed by atoms with Crippen LogP contribution in [0.1, 0.15) is 105 Å². The second kappa shape index (κ2) is 10.1. The second-order valence-corrected chi connectivity index (χ2v) is 16.3. The van der Waals surface area contributed by atoms with Crippen LogP contribution in [0.25, 0.3) is 11.0 Å². The van der Waals surface area contributed by atoms with Gasteiger partial charge in [0.1, 0.15) is 29.3 Å². The molecule has 4 bridgehead atoms. The number of benzene rings is 1. The van der Waals surface area contributed by atoms with E-state index < -0.39 is 74.5 Å². The molecule has 49 heavy (non-hydrogen) atoms. The molecule has 0 N–H and O–H groups in total. The maximum absolute atomic E-state index is 14.6. The Hall–Kier alpha value is -3.93. The van der Waals surface area contributed by atoms with Gasteiger partial charge in [-0.3, -0.25) is 14.4 Å². The molecule has 0 spiro atoms. The monoisotopic (exact) mass is 680 g/mol. The molecule has 2 saturated carbocycles. The average molecular weight is 681 g/mol. The number of esters is 4. The van der Waals surface area contributed by atoms with Crippen LogP contribution in [0, 0.1) is 21.7 Å². The summed E-state index contributed by atoms with van der Waals surface area (Å²) in [5.74, 6) is -2.09. The highest BCUT2D eigenvalue weighted by molar-refractivity contribution is 5.95. The lowest BCUT2D eigenvalue weighted by molar-refractivity contribution is -0.217. The Morgan fingerprint density at radius 2 is 1.33 bits per heavy atom. The third-order valence-electron chi connectivity index (χ3n) is 13.3. The Bertz CT molecular complexity index is 1890. The van der Waals surface area contributed by atoms with Gasteiger partial charge in [-0.2, -0.15) is 0 Å². The normalized spacial score (nSPS) is 35.8. The quantitative estimate of drug-likeness (QED) is 0.278. The van der Waals surface area contributed by atoms with Crippen LogP contribution >= 0.6 is 0 Å². The van der Waals surface area contributed by atoms with Crippen molar-refractivity contribution in [2.24, 2.45) is 21.7 Å². The molecule has 0 amide bonds. The maximum atomic E-state index is 14.6. The summed E-state index contributed by atoms with van der Waals surface area (Å²) in [6, 6.07) is 4.49. The average Bonchev–Trinajstić information content (AvgIpc) is 3.49. The molecule has 3 aliphatic heterocycles. The molecule has 0 unspecified atom stereocenters. The highest BCUT2D eigenvalue weighted by atomic mass is 16.7. The fourth-order valence-electron chi connectivity index (χ4n) is 8.91. The number of carbonyl (C=O) groups excluding carboxylic acids is 4. The summed E-state index contributed by atoms with van der Waals surface area (Å²) < 4.78 is 42.7. The second-order valence-electron chi connectivity index (χ2n) is 16.3. The highest BCUT2D eigenvalue weighted by Gasteiger charge is 2.78. The molecule has 6 atom stereocenters. The number of carbonyl (C=O) groups is 4. The lowest BCUT2D eigenvalue weighted by Gasteiger charge is -2.45. The van der Waals surface area contributed by atoms with Crippen LogP contribution in [0.15, 0.2) is 27.4 Å². The first-order valence-corrected chi connectivity index (χ1v) is 17.0. The Balaban J connectivity index is 1.38. The van der Waals surface area contributed by atoms with Gasteiger partial charge in [-0.25, -0.2) is 9.59 Å². The van der Waals surface area contributed by atoms with E-state index in [0.717, 1.165) is 0 Å². The predicted molar refractivity (Wildman–Crippen MR) is 171 cm³/mol. The molecule has 1 aromatic carbocycles. The van der Waals surface area contributed by atoms with E-state index in [0.29, 0.717) is 19.4 Å². The highest BCUT2D eigenvalue weighted by Crippen LogP contribution is 2.67. The molecule has 2 saturated heterocycles. The van der Waals surface area contributed by atoms with Gasteiger partial charge in [0.2, 0.25) is 11.2 Å². The fraction of sp³-hybridized carbons (Fsp3) is 0.649. The van der Waals surface area contributed by atoms with Crippen molar-refractivity contribution in [3.63, 3.8) is 0 Å². The van der Waals surface area contributed by atoms with E-state index in [1.807, 2.05) is 34.6 Å². The topological polar surface area (TPSA) is 154 Å². The number of hydrogen-bond acceptors (Lipinski definition) is 12. The van der Waals surface area contributed by atoms with Crippen LogP contribution in [0.5, 0.6) is 5.75 Å². The molecule has 5 aliphatic rings. The third-order valence-corrected chi connectivity index (χ3v) is 13.3. The van der Waals surface area contributed by atoms with E-state index in [2.05, 4.69) is 0 Å². The zero-order valence-corrected chi connectivity index (χ0v) is 29.5. The SMILES string of the molecule is CCOCc1cc(=O)c2ccc3c(c2o1)[C@@H](OC(=O)[C@@]12CC[C@@](C)(C(=O)O1)C2(C)C)[C@@H](OC(=O)[C@@]12CC[C@@](C)(C(=O)O1)C2(C)C)C(C)(C)O3. The van der Waals surface area contributed by atoms with Gasteiger partial charge in [0, 0.05) is 23.5 Å². The van der Waals surface area contributed by atoms with E-state index >= 15 is 0 Å². The van der Waals surface area contributed by atoms with Crippen LogP contribution in [0.3, 0.4) is 0 Å². The third kappa shape index (κ3) is 3.98. The van der Waals surface area contributed by atoms with Crippen molar-refractivity contribution in [3.05, 3.63) is 39.7 Å². The predicted octanol–water partition coefficient (Wildman–Crippen LogP) is 5.24. The first-order chi connectivity index (χ1) is 22.7. The molecular weight excluding hydrogens is 636 g/mol. The van der Waals surface area contributed by atoms with Crippen LogP contribution in [0.4, 0.5) is 0 Å². The summed E-state index contributed by atoms with van der Waals surface area (Å²) in [5.41, 5.74) is -8.29. The molecule has 12 nitrogen and oxygen atoms in total. The zero-order chi connectivity index (χ0) is 35.7. The first kappa shape index (κ1) is 33.6. The Kier molecular flexibility index (Phi) is 6.90. The summed E-state index contributed by atoms with van der Waals surface area (Å²) in [6.45, 7) is 16.4. The Morgan fingerprint density at radius 3 is 1.82 bits per heavy atom. The lowest BCUT2D eigenvalue weighted by atomic mass is 9.66. The van der Waals surface area contributed by atoms with Gasteiger partial charge in [0.15, 0.2) is 17.6 Å². The van der Waals surface area contributed by atoms with Crippen molar-refractivity contribution in [2.75, 3.05) is 6.61 Å². The summed E-state index contributed by atoms with van der Waals surface area (Å²) >= 11 is 0. The van der Waals surface area contributed by atoms with Gasteiger partial charge >= 0.3 is 23.9 Å². The smallest absolute Gasteiger partial charge is 0.351 e. The largest absolute Gasteiger partial charge is 0.483 e.